The molecular weight excluding hydrogens is 264 g/mol. The molecule has 0 saturated heterocycles. The van der Waals surface area contributed by atoms with Crippen LogP contribution in [0.3, 0.4) is 0 Å². The van der Waals surface area contributed by atoms with Crippen molar-refractivity contribution in [2.24, 2.45) is 5.41 Å². The predicted octanol–water partition coefficient (Wildman–Crippen LogP) is 3.43. The molecule has 116 valence electrons. The van der Waals surface area contributed by atoms with Crippen LogP contribution in [0, 0.1) is 5.41 Å². The lowest BCUT2D eigenvalue weighted by molar-refractivity contribution is 0.0706. The number of carbonyl (C=O) groups is 1. The van der Waals surface area contributed by atoms with E-state index in [4.69, 9.17) is 5.21 Å². The Hall–Kier alpha value is -1.39. The van der Waals surface area contributed by atoms with Gasteiger partial charge >= 0.3 is 0 Å². The number of benzene rings is 1. The molecule has 0 bridgehead atoms. The summed E-state index contributed by atoms with van der Waals surface area (Å²) in [7, 11) is 0. The first-order chi connectivity index (χ1) is 10.0. The normalized spacial score (nSPS) is 19.0. The fourth-order valence-corrected chi connectivity index (χ4v) is 3.09. The second kappa shape index (κ2) is 7.05. The van der Waals surface area contributed by atoms with Crippen molar-refractivity contribution in [1.29, 1.82) is 0 Å². The number of hydrogen-bond donors (Lipinski definition) is 3. The molecule has 1 saturated carbocycles. The average Bonchev–Trinajstić information content (AvgIpc) is 2.53. The van der Waals surface area contributed by atoms with Gasteiger partial charge in [0.05, 0.1) is 0 Å². The molecule has 1 unspecified atom stereocenters. The van der Waals surface area contributed by atoms with Gasteiger partial charge in [-0.25, -0.2) is 5.48 Å². The zero-order chi connectivity index (χ0) is 15.3. The largest absolute Gasteiger partial charge is 0.310 e. The van der Waals surface area contributed by atoms with Crippen molar-refractivity contribution in [3.8, 4) is 0 Å². The summed E-state index contributed by atoms with van der Waals surface area (Å²) in [4.78, 5) is 11.3. The number of carbonyl (C=O) groups excluding carboxylic acids is 1. The van der Waals surface area contributed by atoms with Crippen LogP contribution in [0.1, 0.15) is 67.9 Å². The lowest BCUT2D eigenvalue weighted by Gasteiger charge is -2.35. The second-order valence-corrected chi connectivity index (χ2v) is 6.54. The van der Waals surface area contributed by atoms with Crippen molar-refractivity contribution in [2.75, 3.05) is 6.54 Å². The second-order valence-electron chi connectivity index (χ2n) is 6.54. The molecule has 3 N–H and O–H groups in total. The molecule has 1 aromatic rings. The summed E-state index contributed by atoms with van der Waals surface area (Å²) in [6.07, 6.45) is 6.68. The molecular formula is C17H26N2O2. The third-order valence-corrected chi connectivity index (χ3v) is 4.67. The van der Waals surface area contributed by atoms with Crippen molar-refractivity contribution in [3.63, 3.8) is 0 Å². The number of nitrogens with one attached hydrogen (secondary N) is 2. The van der Waals surface area contributed by atoms with Gasteiger partial charge in [-0.15, -0.1) is 0 Å². The summed E-state index contributed by atoms with van der Waals surface area (Å²) in [6, 6.07) is 7.61. The van der Waals surface area contributed by atoms with Gasteiger partial charge in [-0.05, 0) is 42.9 Å². The topological polar surface area (TPSA) is 61.4 Å². The molecule has 1 aromatic carbocycles. The zero-order valence-corrected chi connectivity index (χ0v) is 13.0. The van der Waals surface area contributed by atoms with E-state index in [-0.39, 0.29) is 6.04 Å². The molecule has 0 radical (unpaired) electrons. The minimum absolute atomic E-state index is 0.259. The Bertz CT molecular complexity index is 464. The van der Waals surface area contributed by atoms with Gasteiger partial charge in [-0.1, -0.05) is 38.3 Å². The van der Waals surface area contributed by atoms with E-state index in [0.717, 1.165) is 12.1 Å². The van der Waals surface area contributed by atoms with Crippen molar-refractivity contribution < 1.29 is 10.0 Å². The van der Waals surface area contributed by atoms with Gasteiger partial charge < -0.3 is 5.32 Å². The van der Waals surface area contributed by atoms with Gasteiger partial charge in [0.1, 0.15) is 0 Å². The highest BCUT2D eigenvalue weighted by atomic mass is 16.5. The SMILES string of the molecule is CC(NCC1(C)CCCCC1)c1ccc(C(=O)NO)cc1. The Labute approximate surface area is 126 Å². The first kappa shape index (κ1) is 16.0. The standard InChI is InChI=1S/C17H26N2O2/c1-13(18-12-17(2)10-4-3-5-11-17)14-6-8-15(9-7-14)16(20)19-21/h6-9,13,18,21H,3-5,10-12H2,1-2H3,(H,19,20). The van der Waals surface area contributed by atoms with Crippen LogP contribution >= 0.6 is 0 Å². The lowest BCUT2D eigenvalue weighted by atomic mass is 9.75. The van der Waals surface area contributed by atoms with Crippen molar-refractivity contribution in [1.82, 2.24) is 10.8 Å². The van der Waals surface area contributed by atoms with Gasteiger partial charge in [0.25, 0.3) is 5.91 Å². The Balaban J connectivity index is 1.90. The summed E-state index contributed by atoms with van der Waals surface area (Å²) in [5.41, 5.74) is 3.69. The van der Waals surface area contributed by atoms with E-state index in [1.165, 1.54) is 32.1 Å². The van der Waals surface area contributed by atoms with Gasteiger partial charge in [-0.3, -0.25) is 10.0 Å². The molecule has 1 atom stereocenters. The van der Waals surface area contributed by atoms with Gasteiger partial charge in [0.2, 0.25) is 0 Å². The fourth-order valence-electron chi connectivity index (χ4n) is 3.09. The van der Waals surface area contributed by atoms with Crippen LogP contribution in [0.2, 0.25) is 0 Å². The van der Waals surface area contributed by atoms with E-state index in [0.29, 0.717) is 11.0 Å². The molecule has 4 nitrogen and oxygen atoms in total. The maximum absolute atomic E-state index is 11.3. The molecule has 1 amide bonds. The summed E-state index contributed by atoms with van der Waals surface area (Å²) in [6.45, 7) is 5.56. The minimum atomic E-state index is -0.475. The molecule has 1 aliphatic rings. The van der Waals surface area contributed by atoms with E-state index in [1.54, 1.807) is 17.6 Å². The van der Waals surface area contributed by atoms with Crippen molar-refractivity contribution >= 4 is 5.91 Å². The highest BCUT2D eigenvalue weighted by Gasteiger charge is 2.26. The number of hydroxylamine groups is 1. The smallest absolute Gasteiger partial charge is 0.274 e. The monoisotopic (exact) mass is 290 g/mol. The fraction of sp³-hybridized carbons (Fsp3) is 0.588. The Kier molecular flexibility index (Phi) is 5.37. The third kappa shape index (κ3) is 4.29. The molecule has 1 aliphatic carbocycles. The number of amides is 1. The molecule has 4 heteroatoms. The molecule has 0 spiro atoms. The Morgan fingerprint density at radius 3 is 2.43 bits per heavy atom. The van der Waals surface area contributed by atoms with Crippen LogP contribution in [0.4, 0.5) is 0 Å². The highest BCUT2D eigenvalue weighted by molar-refractivity contribution is 5.93. The Morgan fingerprint density at radius 1 is 1.24 bits per heavy atom. The van der Waals surface area contributed by atoms with E-state index < -0.39 is 5.91 Å². The molecule has 1 fully saturated rings. The Morgan fingerprint density at radius 2 is 1.86 bits per heavy atom. The van der Waals surface area contributed by atoms with E-state index >= 15 is 0 Å². The summed E-state index contributed by atoms with van der Waals surface area (Å²) < 4.78 is 0. The van der Waals surface area contributed by atoms with E-state index in [9.17, 15) is 4.79 Å². The first-order valence-corrected chi connectivity index (χ1v) is 7.82. The average molecular weight is 290 g/mol. The molecule has 0 aliphatic heterocycles. The molecule has 2 rings (SSSR count). The van der Waals surface area contributed by atoms with Crippen molar-refractivity contribution in [2.45, 2.75) is 52.0 Å². The zero-order valence-electron chi connectivity index (χ0n) is 13.0. The minimum Gasteiger partial charge on any atom is -0.310 e. The van der Waals surface area contributed by atoms with E-state index in [1.807, 2.05) is 12.1 Å². The van der Waals surface area contributed by atoms with Crippen LogP contribution in [0.5, 0.6) is 0 Å². The van der Waals surface area contributed by atoms with Crippen LogP contribution in [0.25, 0.3) is 0 Å². The maximum Gasteiger partial charge on any atom is 0.274 e. The van der Waals surface area contributed by atoms with Crippen molar-refractivity contribution in [3.05, 3.63) is 35.4 Å². The summed E-state index contributed by atoms with van der Waals surface area (Å²) in [5.74, 6) is -0.475. The quantitative estimate of drug-likeness (QED) is 0.575. The molecule has 0 heterocycles. The first-order valence-electron chi connectivity index (χ1n) is 7.82. The molecule has 21 heavy (non-hydrogen) atoms. The lowest BCUT2D eigenvalue weighted by Crippen LogP contribution is -2.35. The van der Waals surface area contributed by atoms with Crippen LogP contribution in [0.15, 0.2) is 24.3 Å². The van der Waals surface area contributed by atoms with Crippen LogP contribution in [-0.2, 0) is 0 Å². The molecule has 0 aromatic heterocycles. The van der Waals surface area contributed by atoms with Crippen LogP contribution in [-0.4, -0.2) is 17.7 Å². The third-order valence-electron chi connectivity index (χ3n) is 4.67. The summed E-state index contributed by atoms with van der Waals surface area (Å²) >= 11 is 0. The van der Waals surface area contributed by atoms with Gasteiger partial charge in [-0.2, -0.15) is 0 Å². The summed E-state index contributed by atoms with van der Waals surface area (Å²) in [5, 5.41) is 12.2. The van der Waals surface area contributed by atoms with Gasteiger partial charge in [0.15, 0.2) is 0 Å². The number of rotatable bonds is 5. The van der Waals surface area contributed by atoms with Crippen LogP contribution < -0.4 is 10.8 Å². The highest BCUT2D eigenvalue weighted by Crippen LogP contribution is 2.35. The van der Waals surface area contributed by atoms with Gasteiger partial charge in [0, 0.05) is 18.2 Å². The predicted molar refractivity (Wildman–Crippen MR) is 83.3 cm³/mol. The number of hydrogen-bond acceptors (Lipinski definition) is 3. The van der Waals surface area contributed by atoms with E-state index in [2.05, 4.69) is 19.2 Å². The maximum atomic E-state index is 11.3.